The Labute approximate surface area is 214 Å². The zero-order valence-electron chi connectivity index (χ0n) is 18.5. The molecule has 1 fully saturated rings. The normalized spacial score (nSPS) is 14.9. The molecule has 16 heteroatoms. The summed E-state index contributed by atoms with van der Waals surface area (Å²) in [5.74, 6) is -11.1. The summed E-state index contributed by atoms with van der Waals surface area (Å²) >= 11 is 6.60. The molecule has 1 aromatic heterocycles. The Morgan fingerprint density at radius 3 is 2.51 bits per heavy atom. The zero-order chi connectivity index (χ0) is 27.3. The molecular formula is C21H18ClF5N4O5S. The summed E-state index contributed by atoms with van der Waals surface area (Å²) < 4.78 is 72.1. The van der Waals surface area contributed by atoms with E-state index in [0.29, 0.717) is 0 Å². The minimum Gasteiger partial charge on any atom is -0.370 e. The lowest BCUT2D eigenvalue weighted by atomic mass is 10.2. The highest BCUT2D eigenvalue weighted by Gasteiger charge is 2.50. The number of alkyl halides is 4. The smallest absolute Gasteiger partial charge is 0.370 e. The van der Waals surface area contributed by atoms with Crippen molar-refractivity contribution in [2.24, 2.45) is 0 Å². The number of carbonyl (C=O) groups is 4. The van der Waals surface area contributed by atoms with E-state index in [-0.39, 0.29) is 34.7 Å². The molecule has 37 heavy (non-hydrogen) atoms. The van der Waals surface area contributed by atoms with E-state index in [1.165, 1.54) is 28.4 Å². The van der Waals surface area contributed by atoms with Crippen molar-refractivity contribution in [2.75, 3.05) is 36.5 Å². The van der Waals surface area contributed by atoms with E-state index in [4.69, 9.17) is 16.3 Å². The average molecular weight is 569 g/mol. The molecule has 0 radical (unpaired) electrons. The maximum atomic E-state index is 14.7. The Hall–Kier alpha value is -3.30. The van der Waals surface area contributed by atoms with Crippen LogP contribution in [0.15, 0.2) is 30.3 Å². The summed E-state index contributed by atoms with van der Waals surface area (Å²) in [5, 5.41) is 5.69. The lowest BCUT2D eigenvalue weighted by Crippen LogP contribution is -2.56. The predicted molar refractivity (Wildman–Crippen MR) is 123 cm³/mol. The maximum absolute atomic E-state index is 14.7. The van der Waals surface area contributed by atoms with Gasteiger partial charge in [0.15, 0.2) is 0 Å². The first-order chi connectivity index (χ1) is 17.4. The van der Waals surface area contributed by atoms with Gasteiger partial charge in [-0.1, -0.05) is 11.6 Å². The van der Waals surface area contributed by atoms with Gasteiger partial charge in [-0.15, -0.1) is 11.3 Å². The van der Waals surface area contributed by atoms with Gasteiger partial charge in [-0.25, -0.2) is 13.2 Å². The Morgan fingerprint density at radius 1 is 1.19 bits per heavy atom. The number of morpholine rings is 1. The van der Waals surface area contributed by atoms with Crippen molar-refractivity contribution in [3.8, 4) is 0 Å². The van der Waals surface area contributed by atoms with E-state index in [0.717, 1.165) is 23.5 Å². The van der Waals surface area contributed by atoms with Crippen LogP contribution in [0.2, 0.25) is 4.34 Å². The van der Waals surface area contributed by atoms with Crippen molar-refractivity contribution in [3.05, 3.63) is 45.4 Å². The third-order valence-electron chi connectivity index (χ3n) is 4.97. The maximum Gasteiger partial charge on any atom is 0.383 e. The summed E-state index contributed by atoms with van der Waals surface area (Å²) in [5.41, 5.74) is -0.308. The first-order valence-electron chi connectivity index (χ1n) is 10.4. The van der Waals surface area contributed by atoms with Crippen LogP contribution < -0.4 is 20.9 Å². The molecule has 0 saturated carbocycles. The highest BCUT2D eigenvalue weighted by Crippen LogP contribution is 2.25. The first-order valence-corrected chi connectivity index (χ1v) is 11.6. The first kappa shape index (κ1) is 28.3. The van der Waals surface area contributed by atoms with Crippen molar-refractivity contribution < 1.29 is 45.9 Å². The van der Waals surface area contributed by atoms with E-state index >= 15 is 0 Å². The predicted octanol–water partition coefficient (Wildman–Crippen LogP) is 2.66. The lowest BCUT2D eigenvalue weighted by molar-refractivity contribution is -0.170. The number of rotatable bonds is 9. The molecule has 3 N–H and O–H groups in total. The Bertz CT molecular complexity index is 1200. The Morgan fingerprint density at radius 2 is 1.92 bits per heavy atom. The summed E-state index contributed by atoms with van der Waals surface area (Å²) in [6.07, 6.45) is -4.37. The average Bonchev–Trinajstić information content (AvgIpc) is 3.29. The number of hydrogen-bond donors (Lipinski definition) is 3. The third kappa shape index (κ3) is 6.93. The van der Waals surface area contributed by atoms with Crippen LogP contribution in [0.25, 0.3) is 0 Å². The van der Waals surface area contributed by atoms with Crippen LogP contribution in [0.1, 0.15) is 9.67 Å². The molecule has 2 aromatic rings. The molecule has 0 aliphatic carbocycles. The van der Waals surface area contributed by atoms with Gasteiger partial charge in [0.25, 0.3) is 17.7 Å². The molecule has 4 amide bonds. The van der Waals surface area contributed by atoms with E-state index in [9.17, 15) is 41.1 Å². The number of anilines is 2. The van der Waals surface area contributed by atoms with E-state index in [1.54, 1.807) is 0 Å². The summed E-state index contributed by atoms with van der Waals surface area (Å²) in [4.78, 5) is 49.9. The highest BCUT2D eigenvalue weighted by atomic mass is 35.5. The third-order valence-corrected chi connectivity index (χ3v) is 6.20. The van der Waals surface area contributed by atoms with Crippen LogP contribution in [0.5, 0.6) is 0 Å². The van der Waals surface area contributed by atoms with Crippen molar-refractivity contribution >= 4 is 57.9 Å². The fraction of sp³-hybridized carbons (Fsp3) is 0.333. The van der Waals surface area contributed by atoms with Crippen LogP contribution >= 0.6 is 22.9 Å². The van der Waals surface area contributed by atoms with E-state index < -0.39 is 60.1 Å². The largest absolute Gasteiger partial charge is 0.383 e. The van der Waals surface area contributed by atoms with Gasteiger partial charge in [0.05, 0.1) is 21.5 Å². The van der Waals surface area contributed by atoms with Crippen LogP contribution in [0.4, 0.5) is 33.3 Å². The molecule has 200 valence electrons. The Balaban J connectivity index is 1.76. The van der Waals surface area contributed by atoms with Gasteiger partial charge in [0.1, 0.15) is 18.5 Å². The highest BCUT2D eigenvalue weighted by molar-refractivity contribution is 7.18. The summed E-state index contributed by atoms with van der Waals surface area (Å²) in [7, 11) is 0. The number of thiophene rings is 1. The van der Waals surface area contributed by atoms with Gasteiger partial charge >= 0.3 is 12.3 Å². The second-order valence-corrected chi connectivity index (χ2v) is 9.23. The van der Waals surface area contributed by atoms with Crippen LogP contribution in [0.3, 0.4) is 0 Å². The minimum absolute atomic E-state index is 0.0766. The molecule has 1 atom stereocenters. The second-order valence-electron chi connectivity index (χ2n) is 7.51. The van der Waals surface area contributed by atoms with Crippen LogP contribution in [-0.2, 0) is 19.1 Å². The quantitative estimate of drug-likeness (QED) is 0.402. The Kier molecular flexibility index (Phi) is 9.04. The molecule has 9 nitrogen and oxygen atoms in total. The molecule has 1 aromatic carbocycles. The molecule has 0 spiro atoms. The van der Waals surface area contributed by atoms with Crippen molar-refractivity contribution in [1.29, 1.82) is 0 Å². The number of nitrogens with zero attached hydrogens (tertiary/aromatic N) is 1. The molecule has 0 unspecified atom stereocenters. The molecule has 0 bridgehead atoms. The number of halogens is 6. The fourth-order valence-electron chi connectivity index (χ4n) is 3.07. The number of benzene rings is 1. The van der Waals surface area contributed by atoms with Crippen molar-refractivity contribution in [3.63, 3.8) is 0 Å². The van der Waals surface area contributed by atoms with Gasteiger partial charge < -0.3 is 25.6 Å². The number of nitrogens with one attached hydrogen (secondary N) is 3. The summed E-state index contributed by atoms with van der Waals surface area (Å²) in [6, 6.07) is 4.02. The molecule has 1 saturated heterocycles. The van der Waals surface area contributed by atoms with Gasteiger partial charge in [0, 0.05) is 18.8 Å². The van der Waals surface area contributed by atoms with Crippen LogP contribution in [-0.4, -0.2) is 68.3 Å². The zero-order valence-corrected chi connectivity index (χ0v) is 20.1. The number of amides is 4. The molecule has 1 aliphatic rings. The van der Waals surface area contributed by atoms with Gasteiger partial charge in [-0.2, -0.15) is 8.78 Å². The molecule has 1 aliphatic heterocycles. The van der Waals surface area contributed by atoms with Crippen LogP contribution in [0, 0.1) is 5.82 Å². The SMILES string of the molecule is O=C(NC[C@@H](NC(=O)C(F)(F)C(F)F)C(=O)Nc1ccc(N2CCOCC2=O)cc1F)c1ccc(Cl)s1. The molecule has 3 rings (SSSR count). The summed E-state index contributed by atoms with van der Waals surface area (Å²) in [6.45, 7) is -0.632. The van der Waals surface area contributed by atoms with Gasteiger partial charge in [-0.3, -0.25) is 19.2 Å². The number of hydrogen-bond acceptors (Lipinski definition) is 6. The van der Waals surface area contributed by atoms with E-state index in [1.807, 2.05) is 5.32 Å². The molecule has 2 heterocycles. The van der Waals surface area contributed by atoms with Crippen molar-refractivity contribution in [1.82, 2.24) is 10.6 Å². The minimum atomic E-state index is -5.14. The number of carbonyl (C=O) groups excluding carboxylic acids is 4. The molecular weight excluding hydrogens is 551 g/mol. The topological polar surface area (TPSA) is 117 Å². The van der Waals surface area contributed by atoms with Gasteiger partial charge in [-0.05, 0) is 30.3 Å². The fourth-order valence-corrected chi connectivity index (χ4v) is 4.02. The lowest BCUT2D eigenvalue weighted by Gasteiger charge is -2.27. The van der Waals surface area contributed by atoms with E-state index in [2.05, 4.69) is 5.32 Å². The van der Waals surface area contributed by atoms with Crippen molar-refractivity contribution in [2.45, 2.75) is 18.4 Å². The van der Waals surface area contributed by atoms with Gasteiger partial charge in [0.2, 0.25) is 5.91 Å². The standard InChI is InChI=1S/C21H18ClF5N4O5S/c22-15-4-3-14(37-15)18(34)28-8-13(30-20(35)21(26,27)19(24)25)17(33)29-12-2-1-10(7-11(12)23)31-5-6-36-9-16(31)32/h1-4,7,13,19H,5-6,8-9H2,(H,28,34)(H,29,33)(H,30,35)/t13-/m1/s1. The number of ether oxygens (including phenoxy) is 1. The monoisotopic (exact) mass is 568 g/mol. The second kappa shape index (κ2) is 11.8.